The third-order valence-corrected chi connectivity index (χ3v) is 5.30. The Labute approximate surface area is 167 Å². The zero-order chi connectivity index (χ0) is 22.0. The Hall–Kier alpha value is -2.05. The van der Waals surface area contributed by atoms with Crippen LogP contribution in [0.15, 0.2) is 24.3 Å². The molecule has 0 spiro atoms. The van der Waals surface area contributed by atoms with Crippen LogP contribution in [-0.4, -0.2) is 61.2 Å². The van der Waals surface area contributed by atoms with Crippen molar-refractivity contribution in [1.29, 1.82) is 0 Å². The van der Waals surface area contributed by atoms with Crippen LogP contribution in [0.2, 0.25) is 0 Å². The first kappa shape index (κ1) is 23.2. The normalized spacial score (nSPS) is 21.9. The number of nitrogens with one attached hydrogen (secondary N) is 1. The van der Waals surface area contributed by atoms with E-state index in [2.05, 4.69) is 4.74 Å². The number of amides is 2. The average molecular weight is 438 g/mol. The highest BCUT2D eigenvalue weighted by Crippen LogP contribution is 2.32. The minimum atomic E-state index is -4.73. The summed E-state index contributed by atoms with van der Waals surface area (Å²) in [5, 5.41) is 0. The van der Waals surface area contributed by atoms with Gasteiger partial charge in [0.05, 0.1) is 11.8 Å². The predicted molar refractivity (Wildman–Crippen MR) is 100 cm³/mol. The lowest BCUT2D eigenvalue weighted by atomic mass is 10.2. The highest BCUT2D eigenvalue weighted by Gasteiger charge is 2.41. The van der Waals surface area contributed by atoms with E-state index in [0.717, 1.165) is 0 Å². The summed E-state index contributed by atoms with van der Waals surface area (Å²) in [5.74, 6) is -0.456. The molecule has 0 radical (unpaired) electrons. The van der Waals surface area contributed by atoms with Crippen LogP contribution >= 0.6 is 0 Å². The van der Waals surface area contributed by atoms with E-state index in [1.807, 2.05) is 0 Å². The second-order valence-corrected chi connectivity index (χ2v) is 8.81. The molecule has 0 aromatic heterocycles. The third-order valence-electron chi connectivity index (χ3n) is 4.21. The summed E-state index contributed by atoms with van der Waals surface area (Å²) in [6, 6.07) is 4.81. The molecule has 2 fully saturated rings. The van der Waals surface area contributed by atoms with Gasteiger partial charge in [-0.1, -0.05) is 13.8 Å². The van der Waals surface area contributed by atoms with Gasteiger partial charge in [-0.3, -0.25) is 9.45 Å². The molecule has 8 nitrogen and oxygen atoms in total. The summed E-state index contributed by atoms with van der Waals surface area (Å²) in [7, 11) is -3.72. The number of carbonyl (C=O) groups is 1. The van der Waals surface area contributed by atoms with E-state index < -0.39 is 16.5 Å². The molecule has 2 aliphatic rings. The third kappa shape index (κ3) is 7.05. The number of rotatable bonds is 4. The number of alkyl halides is 3. The fourth-order valence-electron chi connectivity index (χ4n) is 3.23. The van der Waals surface area contributed by atoms with Gasteiger partial charge in [0.1, 0.15) is 5.75 Å². The fraction of sp³-hybridized carbons (Fsp3) is 0.588. The second kappa shape index (κ2) is 8.76. The van der Waals surface area contributed by atoms with E-state index in [9.17, 15) is 26.4 Å². The summed E-state index contributed by atoms with van der Waals surface area (Å²) in [6.45, 7) is 4.34. The van der Waals surface area contributed by atoms with Crippen molar-refractivity contribution >= 4 is 21.8 Å². The van der Waals surface area contributed by atoms with Gasteiger partial charge in [-0.2, -0.15) is 8.42 Å². The molecule has 12 heteroatoms. The lowest BCUT2D eigenvalue weighted by molar-refractivity contribution is -0.274. The van der Waals surface area contributed by atoms with Gasteiger partial charge in [0.15, 0.2) is 0 Å². The summed E-state index contributed by atoms with van der Waals surface area (Å²) in [5.41, 5.74) is 8.20. The van der Waals surface area contributed by atoms with Gasteiger partial charge in [-0.15, -0.1) is 19.2 Å². The first-order chi connectivity index (χ1) is 13.2. The van der Waals surface area contributed by atoms with Crippen molar-refractivity contribution < 1.29 is 35.7 Å². The number of hydrogen-bond acceptors (Lipinski definition) is 4. The van der Waals surface area contributed by atoms with Crippen LogP contribution in [0.1, 0.15) is 20.3 Å². The largest absolute Gasteiger partial charge is 0.673 e. The van der Waals surface area contributed by atoms with Gasteiger partial charge >= 0.3 is 12.4 Å². The predicted octanol–water partition coefficient (Wildman–Crippen LogP) is 3.55. The quantitative estimate of drug-likeness (QED) is 0.723. The maximum Gasteiger partial charge on any atom is 0.573 e. The maximum atomic E-state index is 12.2. The van der Waals surface area contributed by atoms with E-state index >= 15 is 0 Å². The Kier molecular flexibility index (Phi) is 7.01. The van der Waals surface area contributed by atoms with Crippen molar-refractivity contribution in [3.8, 4) is 5.75 Å². The molecule has 2 atom stereocenters. The van der Waals surface area contributed by atoms with Crippen LogP contribution < -0.4 is 9.64 Å². The Morgan fingerprint density at radius 1 is 1.24 bits per heavy atom. The first-order valence-electron chi connectivity index (χ1n) is 8.85. The van der Waals surface area contributed by atoms with E-state index in [-0.39, 0.29) is 35.5 Å². The van der Waals surface area contributed by atoms with E-state index in [0.29, 0.717) is 25.2 Å². The summed E-state index contributed by atoms with van der Waals surface area (Å²) >= 11 is 0. The molecule has 1 aromatic rings. The minimum Gasteiger partial charge on any atom is -0.673 e. The lowest BCUT2D eigenvalue weighted by Gasteiger charge is -2.20. The second-order valence-electron chi connectivity index (χ2n) is 7.32. The zero-order valence-electron chi connectivity index (χ0n) is 15.9. The molecule has 2 amide bonds. The zero-order valence-corrected chi connectivity index (χ0v) is 16.7. The van der Waals surface area contributed by atoms with Crippen molar-refractivity contribution in [1.82, 2.24) is 4.90 Å². The Morgan fingerprint density at radius 2 is 1.83 bits per heavy atom. The smallest absolute Gasteiger partial charge is 0.573 e. The van der Waals surface area contributed by atoms with Gasteiger partial charge in [-0.05, 0) is 36.6 Å². The average Bonchev–Trinajstić information content (AvgIpc) is 3.03. The monoisotopic (exact) mass is 438 g/mol. The molecular weight excluding hydrogens is 415 g/mol. The SMILES string of the molecule is CC(C)CS(=O)(=O)O.[NH-][C@H]1C[C@H]2CN(c3ccc(OC(F)(F)F)cc3)C(=O)N2C1. The number of nitrogens with zero attached hydrogens (tertiary/aromatic N) is 2. The highest BCUT2D eigenvalue weighted by atomic mass is 32.2. The number of anilines is 1. The number of ether oxygens (including phenoxy) is 1. The van der Waals surface area contributed by atoms with Crippen molar-refractivity contribution in [2.24, 2.45) is 5.92 Å². The van der Waals surface area contributed by atoms with Gasteiger partial charge in [-0.25, -0.2) is 4.79 Å². The van der Waals surface area contributed by atoms with Gasteiger partial charge in [0.25, 0.3) is 10.1 Å². The lowest BCUT2D eigenvalue weighted by Crippen LogP contribution is -2.33. The van der Waals surface area contributed by atoms with E-state index in [1.165, 1.54) is 29.2 Å². The summed E-state index contributed by atoms with van der Waals surface area (Å²) in [4.78, 5) is 15.4. The summed E-state index contributed by atoms with van der Waals surface area (Å²) < 4.78 is 68.2. The standard InChI is InChI=1S/C13H13F3N3O2.C4H10O3S/c14-13(15,16)21-11-3-1-9(2-4-11)19-7-10-5-8(17)6-18(10)12(19)20;1-4(2)3-8(5,6)7/h1-4,8,10,17H,5-7H2;4H,3H2,1-2H3,(H,5,6,7)/q-1;/t8-,10-;/m0./s1. The molecule has 2 heterocycles. The molecule has 29 heavy (non-hydrogen) atoms. The molecule has 3 rings (SSSR count). The van der Waals surface area contributed by atoms with Gasteiger partial charge in [0, 0.05) is 18.8 Å². The molecule has 0 unspecified atom stereocenters. The van der Waals surface area contributed by atoms with Crippen molar-refractivity contribution in [3.05, 3.63) is 30.0 Å². The van der Waals surface area contributed by atoms with Crippen LogP contribution in [0.5, 0.6) is 5.75 Å². The van der Waals surface area contributed by atoms with Gasteiger partial charge in [0.2, 0.25) is 0 Å². The van der Waals surface area contributed by atoms with Crippen LogP contribution in [0.3, 0.4) is 0 Å². The first-order valence-corrected chi connectivity index (χ1v) is 10.5. The molecule has 1 aromatic carbocycles. The van der Waals surface area contributed by atoms with E-state index in [4.69, 9.17) is 10.3 Å². The molecule has 2 aliphatic heterocycles. The Balaban J connectivity index is 0.000000321. The number of benzene rings is 1. The van der Waals surface area contributed by atoms with Gasteiger partial charge < -0.3 is 15.4 Å². The molecular formula is C17H23F3N3O5S-. The van der Waals surface area contributed by atoms with Crippen LogP contribution in [0.4, 0.5) is 23.7 Å². The van der Waals surface area contributed by atoms with Crippen LogP contribution in [0.25, 0.3) is 5.73 Å². The number of hydrogen-bond donors (Lipinski definition) is 1. The molecule has 0 saturated carbocycles. The van der Waals surface area contributed by atoms with Crippen molar-refractivity contribution in [2.75, 3.05) is 23.7 Å². The topological polar surface area (TPSA) is 111 Å². The molecule has 2 N–H and O–H groups in total. The fourth-order valence-corrected chi connectivity index (χ4v) is 4.08. The molecule has 0 aliphatic carbocycles. The Bertz CT molecular complexity index is 815. The number of urea groups is 1. The number of fused-ring (bicyclic) bond motifs is 1. The number of halogens is 3. The van der Waals surface area contributed by atoms with E-state index in [1.54, 1.807) is 18.7 Å². The maximum absolute atomic E-state index is 12.2. The highest BCUT2D eigenvalue weighted by molar-refractivity contribution is 7.85. The molecule has 164 valence electrons. The van der Waals surface area contributed by atoms with Crippen LogP contribution in [-0.2, 0) is 10.1 Å². The molecule has 0 bridgehead atoms. The minimum absolute atomic E-state index is 0.00463. The van der Waals surface area contributed by atoms with Crippen molar-refractivity contribution in [3.63, 3.8) is 0 Å². The Morgan fingerprint density at radius 3 is 2.24 bits per heavy atom. The molecule has 2 saturated heterocycles. The number of carbonyl (C=O) groups excluding carboxylic acids is 1. The summed E-state index contributed by atoms with van der Waals surface area (Å²) in [6.07, 6.45) is -4.09. The van der Waals surface area contributed by atoms with Crippen LogP contribution in [0, 0.1) is 5.92 Å². The van der Waals surface area contributed by atoms with Crippen molar-refractivity contribution in [2.45, 2.75) is 38.7 Å².